The second kappa shape index (κ2) is 21.6. The summed E-state index contributed by atoms with van der Waals surface area (Å²) in [6.45, 7) is 3.15. The van der Waals surface area contributed by atoms with Crippen LogP contribution in [0, 0.1) is 11.8 Å². The van der Waals surface area contributed by atoms with Crippen molar-refractivity contribution < 1.29 is 57.6 Å². The zero-order valence-electron chi connectivity index (χ0n) is 41.9. The summed E-state index contributed by atoms with van der Waals surface area (Å²) in [7, 11) is 0. The summed E-state index contributed by atoms with van der Waals surface area (Å²) in [4.78, 5) is 90.6. The molecule has 0 aromatic heterocycles. The highest BCUT2D eigenvalue weighted by Gasteiger charge is 2.74. The van der Waals surface area contributed by atoms with Gasteiger partial charge in [0.05, 0.1) is 30.7 Å². The predicted octanol–water partition coefficient (Wildman–Crippen LogP) is 6.68. The van der Waals surface area contributed by atoms with Gasteiger partial charge in [-0.05, 0) is 70.1 Å². The van der Waals surface area contributed by atoms with Gasteiger partial charge in [-0.3, -0.25) is 33.7 Å². The Morgan fingerprint density at radius 2 is 1.36 bits per heavy atom. The first-order chi connectivity index (χ1) is 37.6. The van der Waals surface area contributed by atoms with Crippen LogP contribution in [0.25, 0.3) is 0 Å². The number of nitrogens with zero attached hydrogens (tertiary/aromatic N) is 2. The number of carbonyl (C=O) groups is 6. The Labute approximate surface area is 444 Å². The van der Waals surface area contributed by atoms with Gasteiger partial charge in [0.2, 0.25) is 17.7 Å². The van der Waals surface area contributed by atoms with Gasteiger partial charge in [-0.2, -0.15) is 0 Å². The molecule has 3 N–H and O–H groups in total. The SMILES string of the molecule is C=CCOC(=O)[C@H]1[C@@H]2C(=O)O[C@@H](c3ccccc3)[C@@H](c3ccccc3)N2[C@@H](c2ccc(OCCOC(=O)[C@H]3C[C@H]4C(=O)N[C@@H](Cc5ccccc5)C(=O)N4[C@H]3c3cccc(OCCO)c3)cc2)[C@]12C(=O)Nc1ccccc12. The number of cyclic esters (lactones) is 1. The lowest BCUT2D eigenvalue weighted by Gasteiger charge is -2.46. The zero-order valence-corrected chi connectivity index (χ0v) is 41.9. The van der Waals surface area contributed by atoms with Crippen molar-refractivity contribution in [3.8, 4) is 11.5 Å². The summed E-state index contributed by atoms with van der Waals surface area (Å²) >= 11 is 0. The fourth-order valence-electron chi connectivity index (χ4n) is 12.4. The molecule has 4 saturated heterocycles. The number of anilines is 1. The molecule has 4 fully saturated rings. The van der Waals surface area contributed by atoms with Crippen molar-refractivity contribution in [1.82, 2.24) is 15.1 Å². The molecule has 0 bridgehead atoms. The molecule has 77 heavy (non-hydrogen) atoms. The third kappa shape index (κ3) is 9.16. The molecule has 0 saturated carbocycles. The van der Waals surface area contributed by atoms with Crippen LogP contribution in [0.15, 0.2) is 176 Å². The molecule has 16 nitrogen and oxygen atoms in total. The number of amides is 3. The van der Waals surface area contributed by atoms with E-state index in [4.69, 9.17) is 23.7 Å². The molecule has 3 amide bonds. The lowest BCUT2D eigenvalue weighted by molar-refractivity contribution is -0.180. The summed E-state index contributed by atoms with van der Waals surface area (Å²) < 4.78 is 30.0. The predicted molar refractivity (Wildman–Crippen MR) is 280 cm³/mol. The van der Waals surface area contributed by atoms with Crippen LogP contribution in [0.4, 0.5) is 5.69 Å². The van der Waals surface area contributed by atoms with Crippen LogP contribution in [0.3, 0.4) is 0 Å². The minimum Gasteiger partial charge on any atom is -0.491 e. The van der Waals surface area contributed by atoms with Gasteiger partial charge in [0.25, 0.3) is 0 Å². The highest BCUT2D eigenvalue weighted by atomic mass is 16.6. The van der Waals surface area contributed by atoms with E-state index in [1.165, 1.54) is 11.0 Å². The molecular weight excluding hydrogens is 981 g/mol. The van der Waals surface area contributed by atoms with Gasteiger partial charge >= 0.3 is 17.9 Å². The fraction of sp³-hybridized carbons (Fsp3) is 0.279. The second-order valence-corrected chi connectivity index (χ2v) is 19.7. The standard InChI is InChI=1S/C61H56N4O12/c1-2-30-75-58(70)49-52-59(71)77-53(39-19-10-5-11-20-39)51(38-17-8-4-9-18-38)65(52)54(61(49)45-23-12-13-24-46(45)63-60(61)72)40-25-27-42(28-26-40)74-32-33-76-57(69)44-36-48-55(67)62-47(34-37-15-6-3-7-16-37)56(68)64(48)50(44)41-21-14-22-43(35-41)73-31-29-66/h2-28,35,44,47-54,66H,1,29-34,36H2,(H,62,67)(H,63,72)/t44-,47-,48-,49+,50-,51+,52+,53-,54-,61+/m0/s1. The summed E-state index contributed by atoms with van der Waals surface area (Å²) in [5, 5.41) is 15.4. The highest BCUT2D eigenvalue weighted by molar-refractivity contribution is 6.11. The van der Waals surface area contributed by atoms with Crippen LogP contribution in [-0.2, 0) is 54.8 Å². The number of fused-ring (bicyclic) bond motifs is 4. The van der Waals surface area contributed by atoms with Gasteiger partial charge in [0, 0.05) is 12.1 Å². The van der Waals surface area contributed by atoms with Crippen molar-refractivity contribution in [3.05, 3.63) is 210 Å². The maximum atomic E-state index is 15.2. The van der Waals surface area contributed by atoms with Gasteiger partial charge in [-0.25, -0.2) is 0 Å². The number of nitrogens with one attached hydrogen (secondary N) is 2. The van der Waals surface area contributed by atoms with Gasteiger partial charge in [-0.15, -0.1) is 0 Å². The molecule has 10 atom stereocenters. The normalized spacial score (nSPS) is 26.1. The number of rotatable bonds is 17. The number of carbonyl (C=O) groups excluding carboxylic acids is 6. The van der Waals surface area contributed by atoms with Gasteiger partial charge in [-0.1, -0.05) is 146 Å². The quantitative estimate of drug-likeness (QED) is 0.0379. The number of benzene rings is 6. The van der Waals surface area contributed by atoms with Crippen molar-refractivity contribution in [2.75, 3.05) is 38.4 Å². The number of para-hydroxylation sites is 1. The number of aliphatic hydroxyl groups excluding tert-OH is 1. The monoisotopic (exact) mass is 1040 g/mol. The Balaban J connectivity index is 0.883. The number of piperazine rings is 1. The summed E-state index contributed by atoms with van der Waals surface area (Å²) in [5.41, 5.74) is 2.89. The van der Waals surface area contributed by atoms with Crippen LogP contribution >= 0.6 is 0 Å². The van der Waals surface area contributed by atoms with Gasteiger partial charge < -0.3 is 44.3 Å². The maximum Gasteiger partial charge on any atom is 0.325 e. The molecule has 6 aromatic rings. The Morgan fingerprint density at radius 3 is 2.09 bits per heavy atom. The molecular formula is C61H56N4O12. The van der Waals surface area contributed by atoms with Crippen molar-refractivity contribution in [3.63, 3.8) is 0 Å². The first kappa shape index (κ1) is 50.6. The van der Waals surface area contributed by atoms with Crippen LogP contribution < -0.4 is 20.1 Å². The van der Waals surface area contributed by atoms with E-state index in [0.717, 1.165) is 16.7 Å². The van der Waals surface area contributed by atoms with E-state index in [0.29, 0.717) is 33.9 Å². The van der Waals surface area contributed by atoms with Crippen molar-refractivity contribution in [2.24, 2.45) is 11.8 Å². The Kier molecular flexibility index (Phi) is 14.2. The van der Waals surface area contributed by atoms with Crippen molar-refractivity contribution in [1.29, 1.82) is 0 Å². The molecule has 16 heteroatoms. The fourth-order valence-corrected chi connectivity index (χ4v) is 12.4. The molecule has 11 rings (SSSR count). The first-order valence-electron chi connectivity index (χ1n) is 25.8. The van der Waals surface area contributed by atoms with E-state index >= 15 is 4.79 Å². The number of morpholine rings is 1. The van der Waals surface area contributed by atoms with Crippen LogP contribution in [0.1, 0.15) is 64.0 Å². The van der Waals surface area contributed by atoms with Crippen LogP contribution in [0.2, 0.25) is 0 Å². The maximum absolute atomic E-state index is 15.2. The lowest BCUT2D eigenvalue weighted by Crippen LogP contribution is -2.62. The average molecular weight is 1040 g/mol. The summed E-state index contributed by atoms with van der Waals surface area (Å²) in [5.74, 6) is -4.69. The lowest BCUT2D eigenvalue weighted by atomic mass is 9.65. The smallest absolute Gasteiger partial charge is 0.325 e. The Bertz CT molecular complexity index is 3200. The average Bonchev–Trinajstić information content (AvgIpc) is 4.21. The second-order valence-electron chi connectivity index (χ2n) is 19.7. The van der Waals surface area contributed by atoms with E-state index in [1.807, 2.05) is 102 Å². The van der Waals surface area contributed by atoms with E-state index < -0.39 is 83.4 Å². The molecule has 1 spiro atoms. The molecule has 0 radical (unpaired) electrons. The number of esters is 3. The minimum atomic E-state index is -1.71. The molecule has 5 aliphatic rings. The molecule has 0 aliphatic carbocycles. The molecule has 392 valence electrons. The minimum absolute atomic E-state index is 0.0218. The molecule has 6 aromatic carbocycles. The summed E-state index contributed by atoms with van der Waals surface area (Å²) in [6, 6.07) is 43.9. The Hall–Kier alpha value is -8.60. The van der Waals surface area contributed by atoms with E-state index in [9.17, 15) is 29.1 Å². The van der Waals surface area contributed by atoms with E-state index in [-0.39, 0.29) is 57.7 Å². The molecule has 5 aliphatic heterocycles. The number of hydrogen-bond acceptors (Lipinski definition) is 13. The van der Waals surface area contributed by atoms with Crippen molar-refractivity contribution in [2.45, 2.75) is 60.6 Å². The van der Waals surface area contributed by atoms with E-state index in [1.54, 1.807) is 66.7 Å². The zero-order chi connectivity index (χ0) is 53.2. The number of aliphatic hydroxyl groups is 1. The first-order valence-corrected chi connectivity index (χ1v) is 25.8. The molecule has 5 heterocycles. The van der Waals surface area contributed by atoms with Crippen LogP contribution in [0.5, 0.6) is 11.5 Å². The van der Waals surface area contributed by atoms with Gasteiger partial charge in [0.15, 0.2) is 0 Å². The summed E-state index contributed by atoms with van der Waals surface area (Å²) in [6.07, 6.45) is 0.876. The Morgan fingerprint density at radius 1 is 0.688 bits per heavy atom. The highest BCUT2D eigenvalue weighted by Crippen LogP contribution is 2.65. The largest absolute Gasteiger partial charge is 0.491 e. The molecule has 0 unspecified atom stereocenters. The topological polar surface area (TPSA) is 199 Å². The third-order valence-corrected chi connectivity index (χ3v) is 15.4. The number of hydrogen-bond donors (Lipinski definition) is 3. The van der Waals surface area contributed by atoms with Gasteiger partial charge in [0.1, 0.15) is 73.5 Å². The van der Waals surface area contributed by atoms with Crippen molar-refractivity contribution >= 4 is 41.3 Å². The van der Waals surface area contributed by atoms with E-state index in [2.05, 4.69) is 17.2 Å². The third-order valence-electron chi connectivity index (χ3n) is 15.4. The van der Waals surface area contributed by atoms with Crippen LogP contribution in [-0.4, -0.2) is 102 Å². The number of ether oxygens (including phenoxy) is 5.